The molecule has 0 unspecified atom stereocenters. The van der Waals surface area contributed by atoms with Crippen LogP contribution in [0.25, 0.3) is 0 Å². The Morgan fingerprint density at radius 1 is 1.10 bits per heavy atom. The van der Waals surface area contributed by atoms with E-state index in [1.807, 2.05) is 37.3 Å². The van der Waals surface area contributed by atoms with E-state index in [1.54, 1.807) is 12.1 Å². The number of amides is 1. The molecule has 0 aliphatic carbocycles. The number of ether oxygens (including phenoxy) is 1. The van der Waals surface area contributed by atoms with E-state index in [0.717, 1.165) is 18.4 Å². The molecule has 1 aliphatic rings. The molecule has 10 nitrogen and oxygen atoms in total. The Labute approximate surface area is 241 Å². The van der Waals surface area contributed by atoms with Crippen LogP contribution < -0.4 is 15.4 Å². The zero-order chi connectivity index (χ0) is 30.2. The van der Waals surface area contributed by atoms with Gasteiger partial charge in [-0.2, -0.15) is 0 Å². The fourth-order valence-corrected chi connectivity index (χ4v) is 7.63. The highest BCUT2D eigenvalue weighted by Gasteiger charge is 2.42. The summed E-state index contributed by atoms with van der Waals surface area (Å²) in [6.07, 6.45) is 2.10. The Morgan fingerprint density at radius 3 is 2.32 bits per heavy atom. The number of methoxy groups -OCH3 is 1. The van der Waals surface area contributed by atoms with Crippen molar-refractivity contribution in [3.05, 3.63) is 59.2 Å². The summed E-state index contributed by atoms with van der Waals surface area (Å²) in [6, 6.07) is 11.5. The maximum Gasteiger partial charge on any atom is 0.305 e. The second-order valence-electron chi connectivity index (χ2n) is 10.6. The molecule has 41 heavy (non-hydrogen) atoms. The lowest BCUT2D eigenvalue weighted by molar-refractivity contribution is -0.139. The van der Waals surface area contributed by atoms with Gasteiger partial charge < -0.3 is 20.3 Å². The number of benzene rings is 2. The van der Waals surface area contributed by atoms with Crippen molar-refractivity contribution < 1.29 is 37.8 Å². The number of hydrogen-bond acceptors (Lipinski definition) is 7. The summed E-state index contributed by atoms with van der Waals surface area (Å²) in [4.78, 5) is 35.0. The molecule has 0 bridgehead atoms. The maximum absolute atomic E-state index is 14.0. The highest BCUT2D eigenvalue weighted by atomic mass is 32.2. The van der Waals surface area contributed by atoms with E-state index in [4.69, 9.17) is 14.9 Å². The van der Waals surface area contributed by atoms with Crippen LogP contribution in [0.3, 0.4) is 0 Å². The minimum absolute atomic E-state index is 0.0643. The van der Waals surface area contributed by atoms with E-state index in [1.165, 1.54) is 7.11 Å². The summed E-state index contributed by atoms with van der Waals surface area (Å²) in [5.74, 6) is -2.62. The van der Waals surface area contributed by atoms with Crippen molar-refractivity contribution >= 4 is 27.7 Å². The zero-order valence-corrected chi connectivity index (χ0v) is 24.6. The molecule has 1 heterocycles. The van der Waals surface area contributed by atoms with Crippen molar-refractivity contribution in [2.45, 2.75) is 87.7 Å². The minimum Gasteiger partial charge on any atom is -0.496 e. The van der Waals surface area contributed by atoms with E-state index < -0.39 is 58.1 Å². The molecule has 0 spiro atoms. The lowest BCUT2D eigenvalue weighted by Crippen LogP contribution is -2.50. The fourth-order valence-electron chi connectivity index (χ4n) is 5.46. The number of unbranched alkanes of at least 4 members (excludes halogenated alkanes) is 1. The third-order valence-electron chi connectivity index (χ3n) is 7.62. The topological polar surface area (TPSA) is 159 Å². The van der Waals surface area contributed by atoms with Gasteiger partial charge in [0.2, 0.25) is 5.91 Å². The minimum atomic E-state index is -3.75. The molecule has 1 aliphatic heterocycles. The van der Waals surface area contributed by atoms with Crippen molar-refractivity contribution in [3.8, 4) is 5.75 Å². The monoisotopic (exact) mass is 588 g/mol. The quantitative estimate of drug-likeness (QED) is 0.257. The number of aryl methyl sites for hydroxylation is 1. The molecular weight excluding hydrogens is 548 g/mol. The molecular formula is C30H40N2O8S. The van der Waals surface area contributed by atoms with E-state index in [2.05, 4.69) is 17.6 Å². The van der Waals surface area contributed by atoms with Gasteiger partial charge in [0.05, 0.1) is 36.6 Å². The van der Waals surface area contributed by atoms with E-state index in [-0.39, 0.29) is 23.5 Å². The molecule has 0 aromatic heterocycles. The average molecular weight is 589 g/mol. The highest BCUT2D eigenvalue weighted by Crippen LogP contribution is 2.41. The van der Waals surface area contributed by atoms with Crippen molar-refractivity contribution in [2.75, 3.05) is 12.9 Å². The molecule has 2 aromatic rings. The van der Waals surface area contributed by atoms with Crippen LogP contribution in [-0.4, -0.2) is 60.9 Å². The molecule has 4 N–H and O–H groups in total. The Bertz CT molecular complexity index is 1330. The molecule has 2 atom stereocenters. The third kappa shape index (κ3) is 8.29. The van der Waals surface area contributed by atoms with Gasteiger partial charge in [0.15, 0.2) is 9.84 Å². The van der Waals surface area contributed by atoms with E-state index >= 15 is 0 Å². The standard InChI is InChI=1S/C30H40N2O8S/c1-4-6-14-30(5-2)19-41(38,39)25-15-21(12-13-26(33)31-22(16-27(34)35)17-28(36)37)24(40-3)18-23(25)29(32-30)20-10-8-7-9-11-20/h7-11,15,18,22,29,32H,4-6,12-14,16-17,19H2,1-3H3,(H,31,33)(H,34,35)(H,36,37)/t29-,30-/m1/s1. The number of aliphatic carboxylic acids is 2. The van der Waals surface area contributed by atoms with Crippen molar-refractivity contribution in [2.24, 2.45) is 0 Å². The first-order valence-corrected chi connectivity index (χ1v) is 15.6. The summed E-state index contributed by atoms with van der Waals surface area (Å²) in [5.41, 5.74) is 1.39. The summed E-state index contributed by atoms with van der Waals surface area (Å²) < 4.78 is 33.6. The lowest BCUT2D eigenvalue weighted by atomic mass is 9.87. The SMILES string of the molecule is CCCC[C@]1(CC)CS(=O)(=O)c2cc(CCC(=O)NC(CC(=O)O)CC(=O)O)c(OC)cc2[C@@H](c2ccccc2)N1. The number of nitrogens with one attached hydrogen (secondary N) is 2. The van der Waals surface area contributed by atoms with Gasteiger partial charge in [-0.15, -0.1) is 0 Å². The lowest BCUT2D eigenvalue weighted by Gasteiger charge is -2.36. The third-order valence-corrected chi connectivity index (χ3v) is 9.58. The van der Waals surface area contributed by atoms with Gasteiger partial charge in [-0.25, -0.2) is 8.42 Å². The average Bonchev–Trinajstić information content (AvgIpc) is 3.01. The number of carboxylic acids is 2. The molecule has 11 heteroatoms. The molecule has 0 fully saturated rings. The molecule has 0 saturated heterocycles. The van der Waals surface area contributed by atoms with Gasteiger partial charge in [0, 0.05) is 18.0 Å². The second-order valence-corrected chi connectivity index (χ2v) is 12.6. The first-order valence-electron chi connectivity index (χ1n) is 13.9. The van der Waals surface area contributed by atoms with Crippen LogP contribution in [0.5, 0.6) is 5.75 Å². The van der Waals surface area contributed by atoms with Gasteiger partial charge in [0.25, 0.3) is 0 Å². The van der Waals surface area contributed by atoms with Crippen LogP contribution in [0.4, 0.5) is 0 Å². The first-order chi connectivity index (χ1) is 19.4. The van der Waals surface area contributed by atoms with Crippen LogP contribution in [0.15, 0.2) is 47.4 Å². The fraction of sp³-hybridized carbons (Fsp3) is 0.500. The Balaban J connectivity index is 2.01. The molecule has 2 aromatic carbocycles. The Hall–Kier alpha value is -3.44. The van der Waals surface area contributed by atoms with Crippen molar-refractivity contribution in [3.63, 3.8) is 0 Å². The summed E-state index contributed by atoms with van der Waals surface area (Å²) >= 11 is 0. The second kappa shape index (κ2) is 14.0. The predicted molar refractivity (Wildman–Crippen MR) is 154 cm³/mol. The molecule has 3 rings (SSSR count). The van der Waals surface area contributed by atoms with Crippen LogP contribution in [0.2, 0.25) is 0 Å². The summed E-state index contributed by atoms with van der Waals surface area (Å²) in [7, 11) is -2.27. The number of sulfone groups is 1. The highest BCUT2D eigenvalue weighted by molar-refractivity contribution is 7.91. The van der Waals surface area contributed by atoms with Gasteiger partial charge in [-0.1, -0.05) is 57.0 Å². The number of carbonyl (C=O) groups excluding carboxylic acids is 1. The first kappa shape index (κ1) is 32.1. The predicted octanol–water partition coefficient (Wildman–Crippen LogP) is 3.87. The number of carboxylic acid groups (broad SMARTS) is 2. The number of carbonyl (C=O) groups is 3. The zero-order valence-electron chi connectivity index (χ0n) is 23.8. The Kier molecular flexibility index (Phi) is 10.9. The molecule has 224 valence electrons. The normalized spacial score (nSPS) is 19.7. The molecule has 1 amide bonds. The largest absolute Gasteiger partial charge is 0.496 e. The van der Waals surface area contributed by atoms with Gasteiger partial charge in [-0.3, -0.25) is 19.7 Å². The van der Waals surface area contributed by atoms with Crippen molar-refractivity contribution in [1.29, 1.82) is 0 Å². The summed E-state index contributed by atoms with van der Waals surface area (Å²) in [5, 5.41) is 24.3. The summed E-state index contributed by atoms with van der Waals surface area (Å²) in [6.45, 7) is 4.08. The maximum atomic E-state index is 14.0. The van der Waals surface area contributed by atoms with Gasteiger partial charge in [-0.05, 0) is 48.1 Å². The van der Waals surface area contributed by atoms with Gasteiger partial charge >= 0.3 is 11.9 Å². The van der Waals surface area contributed by atoms with Crippen molar-refractivity contribution in [1.82, 2.24) is 10.6 Å². The number of fused-ring (bicyclic) bond motifs is 1. The van der Waals surface area contributed by atoms with Gasteiger partial charge in [0.1, 0.15) is 5.75 Å². The molecule has 0 radical (unpaired) electrons. The van der Waals surface area contributed by atoms with Crippen LogP contribution in [-0.2, 0) is 30.6 Å². The molecule has 0 saturated carbocycles. The smallest absolute Gasteiger partial charge is 0.305 e. The van der Waals surface area contributed by atoms with Crippen LogP contribution in [0.1, 0.15) is 81.5 Å². The van der Waals surface area contributed by atoms with E-state index in [9.17, 15) is 22.8 Å². The Morgan fingerprint density at radius 2 is 1.76 bits per heavy atom. The van der Waals surface area contributed by atoms with E-state index in [0.29, 0.717) is 29.7 Å². The number of hydrogen-bond donors (Lipinski definition) is 4. The number of rotatable bonds is 14. The van der Waals surface area contributed by atoms with Crippen LogP contribution in [0, 0.1) is 0 Å². The van der Waals surface area contributed by atoms with Crippen LogP contribution >= 0.6 is 0 Å².